The van der Waals surface area contributed by atoms with E-state index in [1.807, 2.05) is 41.5 Å². The molecule has 1 aliphatic rings. The number of hydrogen-bond acceptors (Lipinski definition) is 14. The molecule has 0 aromatic rings. The van der Waals surface area contributed by atoms with E-state index in [0.29, 0.717) is 0 Å². The lowest BCUT2D eigenvalue weighted by molar-refractivity contribution is -0.157. The fourth-order valence-electron chi connectivity index (χ4n) is 10.9. The van der Waals surface area contributed by atoms with Crippen molar-refractivity contribution in [3.8, 4) is 0 Å². The summed E-state index contributed by atoms with van der Waals surface area (Å²) in [6.45, 7) is 31.6. The van der Waals surface area contributed by atoms with Crippen LogP contribution in [0, 0.1) is 41.4 Å². The Labute approximate surface area is 537 Å². The molecule has 0 aromatic carbocycles. The normalized spacial score (nSPS) is 27.3. The number of aliphatic hydroxyl groups excluding tert-OH is 1. The van der Waals surface area contributed by atoms with Crippen LogP contribution in [-0.4, -0.2) is 238 Å². The number of nitrogens with zero attached hydrogens (tertiary/aromatic N) is 6. The van der Waals surface area contributed by atoms with Crippen molar-refractivity contribution in [2.45, 2.75) is 242 Å². The summed E-state index contributed by atoms with van der Waals surface area (Å²) >= 11 is 0. The monoisotopic (exact) mass is 1280 g/mol. The largest absolute Gasteiger partial charge is 0.390 e. The maximum absolute atomic E-state index is 15.2. The molecule has 0 aromatic heterocycles. The minimum Gasteiger partial charge on any atom is -0.390 e. The molecule has 0 aliphatic carbocycles. The van der Waals surface area contributed by atoms with Crippen LogP contribution in [0.15, 0.2) is 12.2 Å². The Morgan fingerprint density at radius 2 is 0.956 bits per heavy atom. The first-order valence-electron chi connectivity index (χ1n) is 32.1. The van der Waals surface area contributed by atoms with E-state index in [1.165, 1.54) is 96.5 Å². The Morgan fingerprint density at radius 3 is 1.42 bits per heavy atom. The highest BCUT2D eigenvalue weighted by molar-refractivity contribution is 6.00. The Bertz CT molecular complexity index is 2460. The highest BCUT2D eigenvalue weighted by Gasteiger charge is 2.46. The number of carbonyl (C=O) groups excluding carboxylic acids is 11. The Kier molecular flexibility index (Phi) is 33.4. The van der Waals surface area contributed by atoms with Gasteiger partial charge in [-0.3, -0.25) is 52.7 Å². The summed E-state index contributed by atoms with van der Waals surface area (Å²) in [5.74, 6) is -11.2. The zero-order valence-corrected chi connectivity index (χ0v) is 59.1. The second kappa shape index (κ2) is 36.7. The third-order valence-corrected chi connectivity index (χ3v) is 16.8. The highest BCUT2D eigenvalue weighted by Crippen LogP contribution is 2.26. The number of allylic oxidation sites excluding steroid dienone is 2. The van der Waals surface area contributed by atoms with E-state index in [-0.39, 0.29) is 63.1 Å². The fraction of sp³-hybridized carbons (Fsp3) is 0.800. The maximum Gasteiger partial charge on any atom is 0.246 e. The predicted octanol–water partition coefficient (Wildman–Crippen LogP) is 2.69. The molecule has 11 amide bonds. The number of likely N-dealkylation sites (N-methyl/N-ethyl adjacent to an activating group) is 6. The van der Waals surface area contributed by atoms with Crippen molar-refractivity contribution in [2.24, 2.45) is 41.4 Å². The summed E-state index contributed by atoms with van der Waals surface area (Å²) in [4.78, 5) is 169. The van der Waals surface area contributed by atoms with Crippen LogP contribution < -0.4 is 26.6 Å². The van der Waals surface area contributed by atoms with Gasteiger partial charge in [-0.25, -0.2) is 0 Å². The molecule has 25 heteroatoms. The average molecular weight is 1280 g/mol. The van der Waals surface area contributed by atoms with Gasteiger partial charge in [-0.2, -0.15) is 0 Å². The van der Waals surface area contributed by atoms with E-state index in [2.05, 4.69) is 26.6 Å². The van der Waals surface area contributed by atoms with E-state index in [0.717, 1.165) is 9.80 Å². The molecule has 1 fully saturated rings. The van der Waals surface area contributed by atoms with Crippen LogP contribution in [-0.2, 0) is 57.5 Å². The van der Waals surface area contributed by atoms with Gasteiger partial charge in [0.25, 0.3) is 0 Å². The van der Waals surface area contributed by atoms with E-state index >= 15 is 9.59 Å². The van der Waals surface area contributed by atoms with Crippen molar-refractivity contribution >= 4 is 65.0 Å². The van der Waals surface area contributed by atoms with Crippen LogP contribution in [0.5, 0.6) is 0 Å². The van der Waals surface area contributed by atoms with Crippen molar-refractivity contribution in [1.29, 1.82) is 0 Å². The number of ether oxygens (including phenoxy) is 1. The van der Waals surface area contributed by atoms with E-state index in [4.69, 9.17) is 4.74 Å². The lowest BCUT2D eigenvalue weighted by atomic mass is 9.91. The Hall–Kier alpha value is -6.21. The molecule has 25 nitrogen and oxygen atoms in total. The Balaban J connectivity index is 4.40. The SMILES string of the molecule is C/C=C/C[C@@H](C)[C@@H](O)[C@H]1C(=O)N[C@@H](CC)C(=O)N(C)[C@H](C)C(=O)N[C@@H]([C@H](C)COCC(C)(C)O)C(=O)N[C@@H](C(C)C)C(=O)N(C)[C@@H](CC(C)C)C(=O)N[C@@H](C)C(=O)N[C@H](C)C(=O)N(C)[C@@H](CC(C)C)C(=O)N(C)[C@@H](CC(C)C)C(=O)N(C)[C@@H](C(C)C)C(=O)N1C. The summed E-state index contributed by atoms with van der Waals surface area (Å²) in [5, 5.41) is 36.2. The maximum atomic E-state index is 15.2. The summed E-state index contributed by atoms with van der Waals surface area (Å²) in [5.41, 5.74) is -1.26. The van der Waals surface area contributed by atoms with Crippen molar-refractivity contribution in [1.82, 2.24) is 56.0 Å². The molecular weight excluding hydrogens is 1160 g/mol. The molecule has 1 saturated heterocycles. The minimum atomic E-state index is -1.65. The van der Waals surface area contributed by atoms with Crippen LogP contribution in [0.3, 0.4) is 0 Å². The van der Waals surface area contributed by atoms with E-state index in [9.17, 15) is 53.4 Å². The molecule has 0 saturated carbocycles. The van der Waals surface area contributed by atoms with E-state index < -0.39 is 167 Å². The van der Waals surface area contributed by atoms with Crippen molar-refractivity contribution < 1.29 is 67.7 Å². The van der Waals surface area contributed by atoms with Gasteiger partial charge >= 0.3 is 0 Å². The smallest absolute Gasteiger partial charge is 0.246 e. The van der Waals surface area contributed by atoms with Gasteiger partial charge in [-0.1, -0.05) is 102 Å². The molecule has 0 radical (unpaired) electrons. The first-order chi connectivity index (χ1) is 41.4. The van der Waals surface area contributed by atoms with Crippen molar-refractivity contribution in [2.75, 3.05) is 55.5 Å². The molecule has 1 heterocycles. The zero-order valence-electron chi connectivity index (χ0n) is 59.1. The van der Waals surface area contributed by atoms with Gasteiger partial charge in [0.2, 0.25) is 65.0 Å². The number of amides is 11. The molecule has 1 aliphatic heterocycles. The molecule has 0 spiro atoms. The van der Waals surface area contributed by atoms with Crippen LogP contribution in [0.4, 0.5) is 0 Å². The highest BCUT2D eigenvalue weighted by atomic mass is 16.5. The standard InChI is InChI=1S/C65H117N11O14/c1-26-28-29-40(13)53(77)52-58(82)68-45(27-2)60(84)71(20)44(17)55(79)70-50(41(14)33-90-34-65(18,19)89)57(81)69-49(38(9)10)63(87)72(21)46(30-35(3)4)56(80)66-42(15)54(78)67-43(16)59(83)73(22)47(31-36(5)6)61(85)74(23)48(32-37(7)8)62(86)75(24)51(39(11)12)64(88)76(52)25/h26,28,35-53,77,89H,27,29-34H2,1-25H3,(H,66,80)(H,67,78)(H,68,82)(H,69,81)(H,70,79)/b28-26+/t40-,41-,42+,43-,44-,45+,46+,47+,48+,49+,50+,51+,52+,53-/m1/s1. The molecule has 14 atom stereocenters. The molecule has 7 N–H and O–H groups in total. The first kappa shape index (κ1) is 81.8. The number of rotatable bonds is 18. The molecule has 516 valence electrons. The van der Waals surface area contributed by atoms with Gasteiger partial charge in [0.05, 0.1) is 24.9 Å². The molecule has 1 rings (SSSR count). The number of hydrogen-bond donors (Lipinski definition) is 7. The van der Waals surface area contributed by atoms with Gasteiger partial charge in [-0.05, 0) is 109 Å². The fourth-order valence-corrected chi connectivity index (χ4v) is 10.9. The van der Waals surface area contributed by atoms with Crippen LogP contribution in [0.1, 0.15) is 164 Å². The second-order valence-corrected chi connectivity index (χ2v) is 27.7. The second-order valence-electron chi connectivity index (χ2n) is 27.7. The third kappa shape index (κ3) is 23.5. The number of carbonyl (C=O) groups is 11. The molecule has 0 bridgehead atoms. The van der Waals surface area contributed by atoms with Crippen LogP contribution >= 0.6 is 0 Å². The molecular formula is C65H117N11O14. The topological polar surface area (TPSA) is 317 Å². The summed E-state index contributed by atoms with van der Waals surface area (Å²) in [6, 6.07) is -14.3. The first-order valence-corrected chi connectivity index (χ1v) is 32.1. The number of aliphatic hydroxyl groups is 2. The predicted molar refractivity (Wildman–Crippen MR) is 345 cm³/mol. The van der Waals surface area contributed by atoms with Crippen LogP contribution in [0.25, 0.3) is 0 Å². The van der Waals surface area contributed by atoms with Gasteiger partial charge in [-0.15, -0.1) is 0 Å². The lowest BCUT2D eigenvalue weighted by Crippen LogP contribution is -2.64. The minimum absolute atomic E-state index is 0.0262. The van der Waals surface area contributed by atoms with Gasteiger partial charge < -0.3 is 70.9 Å². The number of nitrogens with one attached hydrogen (secondary N) is 5. The lowest BCUT2D eigenvalue weighted by Gasteiger charge is -2.41. The Morgan fingerprint density at radius 1 is 0.500 bits per heavy atom. The van der Waals surface area contributed by atoms with E-state index in [1.54, 1.807) is 67.5 Å². The summed E-state index contributed by atoms with van der Waals surface area (Å²) < 4.78 is 5.80. The van der Waals surface area contributed by atoms with Gasteiger partial charge in [0.15, 0.2) is 0 Å². The zero-order chi connectivity index (χ0) is 69.9. The summed E-state index contributed by atoms with van der Waals surface area (Å²) in [6.07, 6.45) is 2.68. The molecule has 90 heavy (non-hydrogen) atoms. The average Bonchev–Trinajstić information content (AvgIpc) is 0.841. The quantitative estimate of drug-likeness (QED) is 0.0972. The van der Waals surface area contributed by atoms with Gasteiger partial charge in [0.1, 0.15) is 66.5 Å². The molecule has 0 unspecified atom stereocenters. The van der Waals surface area contributed by atoms with Crippen molar-refractivity contribution in [3.63, 3.8) is 0 Å². The van der Waals surface area contributed by atoms with Crippen LogP contribution in [0.2, 0.25) is 0 Å². The van der Waals surface area contributed by atoms with Gasteiger partial charge in [0, 0.05) is 48.2 Å². The third-order valence-electron chi connectivity index (χ3n) is 16.8. The summed E-state index contributed by atoms with van der Waals surface area (Å²) in [7, 11) is 8.38. The van der Waals surface area contributed by atoms with Crippen molar-refractivity contribution in [3.05, 3.63) is 12.2 Å².